The molecule has 0 aliphatic rings. The number of benzene rings is 2. The molecule has 0 saturated heterocycles. The lowest BCUT2D eigenvalue weighted by Crippen LogP contribution is -2.32. The number of nitrogens with zero attached hydrogens (tertiary/aromatic N) is 1. The Kier molecular flexibility index (Phi) is 9.64. The number of ether oxygens (including phenoxy) is 3. The number of hydrogen-bond acceptors (Lipinski definition) is 6. The summed E-state index contributed by atoms with van der Waals surface area (Å²) < 4.78 is 41.6. The molecule has 0 fully saturated rings. The van der Waals surface area contributed by atoms with Crippen LogP contribution in [0.1, 0.15) is 24.8 Å². The minimum atomic E-state index is -3.51. The quantitative estimate of drug-likeness (QED) is 0.458. The molecule has 0 saturated carbocycles. The normalized spacial score (nSPS) is 11.0. The molecule has 8 nitrogen and oxygen atoms in total. The molecule has 2 aromatic carbocycles. The molecule has 9 heteroatoms. The van der Waals surface area contributed by atoms with Crippen molar-refractivity contribution in [1.29, 1.82) is 0 Å². The lowest BCUT2D eigenvalue weighted by molar-refractivity contribution is -0.121. The first-order valence-electron chi connectivity index (χ1n) is 10.4. The summed E-state index contributed by atoms with van der Waals surface area (Å²) in [6.45, 7) is 0.730. The topological polar surface area (TPSA) is 94.2 Å². The van der Waals surface area contributed by atoms with E-state index < -0.39 is 10.0 Å². The van der Waals surface area contributed by atoms with Crippen LogP contribution in [-0.4, -0.2) is 55.0 Å². The van der Waals surface area contributed by atoms with Crippen molar-refractivity contribution in [3.8, 4) is 17.2 Å². The van der Waals surface area contributed by atoms with E-state index in [-0.39, 0.29) is 18.9 Å². The highest BCUT2D eigenvalue weighted by atomic mass is 32.2. The van der Waals surface area contributed by atoms with Gasteiger partial charge in [0.25, 0.3) is 0 Å². The Hall–Kier alpha value is -2.94. The third kappa shape index (κ3) is 7.33. The monoisotopic (exact) mass is 464 g/mol. The van der Waals surface area contributed by atoms with Gasteiger partial charge < -0.3 is 19.5 Å². The Morgan fingerprint density at radius 3 is 2.28 bits per heavy atom. The number of rotatable bonds is 13. The van der Waals surface area contributed by atoms with Gasteiger partial charge in [0.1, 0.15) is 5.75 Å². The van der Waals surface area contributed by atoms with Crippen molar-refractivity contribution in [3.63, 3.8) is 0 Å². The Balaban J connectivity index is 1.80. The number of para-hydroxylation sites is 2. The van der Waals surface area contributed by atoms with Crippen LogP contribution in [0.4, 0.5) is 5.69 Å². The van der Waals surface area contributed by atoms with Crippen molar-refractivity contribution in [3.05, 3.63) is 48.0 Å². The van der Waals surface area contributed by atoms with E-state index in [0.29, 0.717) is 35.9 Å². The smallest absolute Gasteiger partial charge is 0.232 e. The van der Waals surface area contributed by atoms with Gasteiger partial charge in [0.2, 0.25) is 15.9 Å². The Bertz CT molecular complexity index is 994. The summed E-state index contributed by atoms with van der Waals surface area (Å²) in [6, 6.07) is 12.7. The Morgan fingerprint density at radius 2 is 1.62 bits per heavy atom. The molecule has 0 aliphatic carbocycles. The van der Waals surface area contributed by atoms with E-state index in [2.05, 4.69) is 5.32 Å². The highest BCUT2D eigenvalue weighted by Gasteiger charge is 2.20. The maximum Gasteiger partial charge on any atom is 0.232 e. The van der Waals surface area contributed by atoms with Gasteiger partial charge in [-0.05, 0) is 49.1 Å². The Morgan fingerprint density at radius 1 is 0.938 bits per heavy atom. The number of carbonyl (C=O) groups excluding carboxylic acids is 1. The van der Waals surface area contributed by atoms with Gasteiger partial charge in [-0.1, -0.05) is 18.2 Å². The van der Waals surface area contributed by atoms with Crippen molar-refractivity contribution in [1.82, 2.24) is 5.32 Å². The summed E-state index contributed by atoms with van der Waals surface area (Å²) in [7, 11) is 1.18. The van der Waals surface area contributed by atoms with Crippen LogP contribution in [0.3, 0.4) is 0 Å². The van der Waals surface area contributed by atoms with Crippen LogP contribution in [-0.2, 0) is 21.2 Å². The third-order valence-electron chi connectivity index (χ3n) is 4.93. The first kappa shape index (κ1) is 25.3. The van der Waals surface area contributed by atoms with Gasteiger partial charge in [0, 0.05) is 19.5 Å². The van der Waals surface area contributed by atoms with Crippen molar-refractivity contribution in [2.75, 3.05) is 45.0 Å². The summed E-state index contributed by atoms with van der Waals surface area (Å²) in [6.07, 6.45) is 3.34. The van der Waals surface area contributed by atoms with Crippen molar-refractivity contribution in [2.45, 2.75) is 25.7 Å². The molecular weight excluding hydrogens is 432 g/mol. The number of carbonyl (C=O) groups is 1. The van der Waals surface area contributed by atoms with Crippen LogP contribution in [0.2, 0.25) is 0 Å². The summed E-state index contributed by atoms with van der Waals surface area (Å²) >= 11 is 0. The second-order valence-corrected chi connectivity index (χ2v) is 9.16. The summed E-state index contributed by atoms with van der Waals surface area (Å²) in [5.41, 5.74) is 1.56. The van der Waals surface area contributed by atoms with Gasteiger partial charge in [0.05, 0.1) is 33.3 Å². The summed E-state index contributed by atoms with van der Waals surface area (Å²) in [5, 5.41) is 2.89. The van der Waals surface area contributed by atoms with Gasteiger partial charge in [-0.15, -0.1) is 0 Å². The standard InChI is InChI=1S/C23H32N2O6S/c1-29-20-11-6-5-10-19(20)25(32(4,27)28)16-8-12-23(26)24-15-7-9-18-13-14-21(30-2)22(17-18)31-3/h5-6,10-11,13-14,17H,7-9,12,15-16H2,1-4H3,(H,24,26). The lowest BCUT2D eigenvalue weighted by atomic mass is 10.1. The first-order chi connectivity index (χ1) is 15.3. The van der Waals surface area contributed by atoms with Crippen molar-refractivity contribution in [2.24, 2.45) is 0 Å². The fraction of sp³-hybridized carbons (Fsp3) is 0.435. The minimum Gasteiger partial charge on any atom is -0.495 e. The van der Waals surface area contributed by atoms with E-state index in [9.17, 15) is 13.2 Å². The number of nitrogens with one attached hydrogen (secondary N) is 1. The number of methoxy groups -OCH3 is 3. The van der Waals surface area contributed by atoms with Gasteiger partial charge in [-0.3, -0.25) is 9.10 Å². The molecule has 0 spiro atoms. The van der Waals surface area contributed by atoms with Crippen molar-refractivity contribution < 1.29 is 27.4 Å². The molecular formula is C23H32N2O6S. The highest BCUT2D eigenvalue weighted by Crippen LogP contribution is 2.30. The van der Waals surface area contributed by atoms with Gasteiger partial charge in [-0.2, -0.15) is 0 Å². The van der Waals surface area contributed by atoms with Crippen LogP contribution in [0.25, 0.3) is 0 Å². The molecule has 0 bridgehead atoms. The fourth-order valence-corrected chi connectivity index (χ4v) is 4.30. The molecule has 1 amide bonds. The van der Waals surface area contributed by atoms with E-state index in [0.717, 1.165) is 24.7 Å². The zero-order valence-corrected chi connectivity index (χ0v) is 19.9. The number of anilines is 1. The van der Waals surface area contributed by atoms with Gasteiger partial charge in [0.15, 0.2) is 11.5 Å². The number of hydrogen-bond donors (Lipinski definition) is 1. The van der Waals surface area contributed by atoms with E-state index in [1.54, 1.807) is 38.5 Å². The molecule has 2 aromatic rings. The SMILES string of the molecule is COc1ccc(CCCNC(=O)CCCN(c2ccccc2OC)S(C)(=O)=O)cc1OC. The van der Waals surface area contributed by atoms with Gasteiger partial charge >= 0.3 is 0 Å². The second kappa shape index (κ2) is 12.2. The van der Waals surface area contributed by atoms with E-state index in [1.807, 2.05) is 18.2 Å². The van der Waals surface area contributed by atoms with Crippen molar-refractivity contribution >= 4 is 21.6 Å². The highest BCUT2D eigenvalue weighted by molar-refractivity contribution is 7.92. The van der Waals surface area contributed by atoms with Crippen LogP contribution < -0.4 is 23.8 Å². The molecule has 0 radical (unpaired) electrons. The maximum atomic E-state index is 12.3. The molecule has 176 valence electrons. The number of amides is 1. The fourth-order valence-electron chi connectivity index (χ4n) is 3.33. The second-order valence-electron chi connectivity index (χ2n) is 7.25. The maximum absolute atomic E-state index is 12.3. The van der Waals surface area contributed by atoms with E-state index in [4.69, 9.17) is 14.2 Å². The molecule has 32 heavy (non-hydrogen) atoms. The predicted octanol–water partition coefficient (Wildman–Crippen LogP) is 3.01. The molecule has 0 heterocycles. The first-order valence-corrected chi connectivity index (χ1v) is 12.2. The van der Waals surface area contributed by atoms with Crippen LogP contribution in [0.15, 0.2) is 42.5 Å². The van der Waals surface area contributed by atoms with E-state index in [1.165, 1.54) is 11.4 Å². The van der Waals surface area contributed by atoms with E-state index >= 15 is 0 Å². The zero-order chi connectivity index (χ0) is 23.6. The third-order valence-corrected chi connectivity index (χ3v) is 6.11. The average Bonchev–Trinajstić information content (AvgIpc) is 2.78. The zero-order valence-electron chi connectivity index (χ0n) is 19.1. The molecule has 1 N–H and O–H groups in total. The largest absolute Gasteiger partial charge is 0.495 e. The molecule has 0 aromatic heterocycles. The van der Waals surface area contributed by atoms with Crippen LogP contribution in [0.5, 0.6) is 17.2 Å². The molecule has 0 unspecified atom stereocenters. The molecule has 0 atom stereocenters. The van der Waals surface area contributed by atoms with Gasteiger partial charge in [-0.25, -0.2) is 8.42 Å². The van der Waals surface area contributed by atoms with Crippen LogP contribution in [0, 0.1) is 0 Å². The number of aryl methyl sites for hydroxylation is 1. The average molecular weight is 465 g/mol. The lowest BCUT2D eigenvalue weighted by Gasteiger charge is -2.24. The van der Waals surface area contributed by atoms with Crippen LogP contribution >= 0.6 is 0 Å². The summed E-state index contributed by atoms with van der Waals surface area (Å²) in [5.74, 6) is 1.73. The summed E-state index contributed by atoms with van der Waals surface area (Å²) in [4.78, 5) is 12.2. The number of sulfonamides is 1. The molecule has 0 aliphatic heterocycles. The predicted molar refractivity (Wildman–Crippen MR) is 125 cm³/mol. The molecule has 2 rings (SSSR count). The Labute approximate surface area is 190 Å². The minimum absolute atomic E-state index is 0.106.